The van der Waals surface area contributed by atoms with Crippen LogP contribution in [0.2, 0.25) is 10.0 Å². The van der Waals surface area contributed by atoms with E-state index in [0.29, 0.717) is 5.02 Å². The number of nitrogens with two attached hydrogens (primary N) is 2. The minimum Gasteiger partial charge on any atom is -0.383 e. The first-order valence-electron chi connectivity index (χ1n) is 4.45. The van der Waals surface area contributed by atoms with Crippen LogP contribution in [0.5, 0.6) is 0 Å². The molecule has 8 heteroatoms. The molecule has 2 aromatic heterocycles. The quantitative estimate of drug-likeness (QED) is 0.859. The molecule has 0 saturated carbocycles. The molecular weight excluding hydrogens is 265 g/mol. The Bertz CT molecular complexity index is 595. The number of primary amides is 1. The summed E-state index contributed by atoms with van der Waals surface area (Å²) in [6, 6.07) is 1.50. The Hall–Kier alpha value is -1.79. The number of nitrogens with zero attached hydrogens (tertiary/aromatic N) is 3. The van der Waals surface area contributed by atoms with Crippen molar-refractivity contribution in [2.75, 3.05) is 5.73 Å². The summed E-state index contributed by atoms with van der Waals surface area (Å²) < 4.78 is 1.22. The predicted octanol–water partition coefficient (Wildman–Crippen LogP) is 1.26. The zero-order valence-electron chi connectivity index (χ0n) is 8.39. The Balaban J connectivity index is 2.57. The first-order chi connectivity index (χ1) is 8.00. The number of carbonyl (C=O) groups excluding carboxylic acids is 1. The molecule has 2 rings (SSSR count). The molecule has 0 aliphatic heterocycles. The Morgan fingerprint density at radius 3 is 2.59 bits per heavy atom. The Kier molecular flexibility index (Phi) is 2.91. The van der Waals surface area contributed by atoms with Gasteiger partial charge in [0, 0.05) is 6.20 Å². The van der Waals surface area contributed by atoms with E-state index in [1.165, 1.54) is 23.1 Å². The third-order valence-corrected chi connectivity index (χ3v) is 2.55. The lowest BCUT2D eigenvalue weighted by atomic mass is 10.3. The van der Waals surface area contributed by atoms with Crippen molar-refractivity contribution in [2.45, 2.75) is 0 Å². The third-order valence-electron chi connectivity index (χ3n) is 2.06. The molecule has 2 heterocycles. The van der Waals surface area contributed by atoms with E-state index in [4.69, 9.17) is 34.7 Å². The fourth-order valence-corrected chi connectivity index (χ4v) is 1.74. The van der Waals surface area contributed by atoms with Gasteiger partial charge in [0.15, 0.2) is 5.82 Å². The predicted molar refractivity (Wildman–Crippen MR) is 64.3 cm³/mol. The number of halogens is 2. The maximum absolute atomic E-state index is 11.0. The van der Waals surface area contributed by atoms with Gasteiger partial charge in [-0.2, -0.15) is 9.78 Å². The number of aromatic nitrogens is 3. The molecule has 0 aromatic carbocycles. The summed E-state index contributed by atoms with van der Waals surface area (Å²) in [5.74, 6) is -0.311. The molecule has 88 valence electrons. The third kappa shape index (κ3) is 2.04. The molecule has 4 N–H and O–H groups in total. The van der Waals surface area contributed by atoms with Gasteiger partial charge in [-0.05, 0) is 6.07 Å². The lowest BCUT2D eigenvalue weighted by Crippen LogP contribution is -2.13. The zero-order valence-corrected chi connectivity index (χ0v) is 9.90. The van der Waals surface area contributed by atoms with E-state index < -0.39 is 5.91 Å². The van der Waals surface area contributed by atoms with Gasteiger partial charge in [-0.25, -0.2) is 4.98 Å². The summed E-state index contributed by atoms with van der Waals surface area (Å²) in [6.45, 7) is 0. The van der Waals surface area contributed by atoms with E-state index in [-0.39, 0.29) is 22.2 Å². The molecule has 6 nitrogen and oxygen atoms in total. The second-order valence-corrected chi connectivity index (χ2v) is 4.02. The minimum atomic E-state index is -0.668. The Morgan fingerprint density at radius 2 is 2.06 bits per heavy atom. The molecule has 0 saturated heterocycles. The van der Waals surface area contributed by atoms with Gasteiger partial charge in [-0.15, -0.1) is 0 Å². The molecular formula is C9H7Cl2N5O. The lowest BCUT2D eigenvalue weighted by Gasteiger charge is -2.05. The number of hydrogen-bond acceptors (Lipinski definition) is 4. The van der Waals surface area contributed by atoms with Crippen molar-refractivity contribution in [1.29, 1.82) is 0 Å². The van der Waals surface area contributed by atoms with Crippen LogP contribution in [-0.2, 0) is 0 Å². The highest BCUT2D eigenvalue weighted by atomic mass is 35.5. The van der Waals surface area contributed by atoms with Gasteiger partial charge in [-0.1, -0.05) is 23.2 Å². The number of rotatable bonds is 2. The van der Waals surface area contributed by atoms with Crippen LogP contribution in [0.25, 0.3) is 5.82 Å². The van der Waals surface area contributed by atoms with E-state index in [0.717, 1.165) is 0 Å². The van der Waals surface area contributed by atoms with Crippen molar-refractivity contribution >= 4 is 34.9 Å². The van der Waals surface area contributed by atoms with Crippen LogP contribution in [0.4, 0.5) is 5.82 Å². The number of hydrogen-bond donors (Lipinski definition) is 2. The van der Waals surface area contributed by atoms with Crippen LogP contribution in [0.1, 0.15) is 10.4 Å². The monoisotopic (exact) mass is 271 g/mol. The minimum absolute atomic E-state index is 0.0780. The second kappa shape index (κ2) is 4.23. The number of nitrogen functional groups attached to an aromatic ring is 1. The Labute approximate surface area is 106 Å². The Morgan fingerprint density at radius 1 is 1.35 bits per heavy atom. The molecule has 0 unspecified atom stereocenters. The van der Waals surface area contributed by atoms with Gasteiger partial charge in [0.2, 0.25) is 0 Å². The summed E-state index contributed by atoms with van der Waals surface area (Å²) in [4.78, 5) is 15.0. The van der Waals surface area contributed by atoms with E-state index >= 15 is 0 Å². The molecule has 0 aliphatic carbocycles. The van der Waals surface area contributed by atoms with Gasteiger partial charge >= 0.3 is 0 Å². The first kappa shape index (κ1) is 11.7. The van der Waals surface area contributed by atoms with Crippen LogP contribution in [0, 0.1) is 0 Å². The number of pyridine rings is 1. The van der Waals surface area contributed by atoms with E-state index in [1.807, 2.05) is 0 Å². The molecule has 0 radical (unpaired) electrons. The fraction of sp³-hybridized carbons (Fsp3) is 0. The van der Waals surface area contributed by atoms with Gasteiger partial charge in [0.1, 0.15) is 11.4 Å². The molecule has 0 spiro atoms. The summed E-state index contributed by atoms with van der Waals surface area (Å²) in [5, 5.41) is 4.55. The van der Waals surface area contributed by atoms with Crippen LogP contribution in [-0.4, -0.2) is 20.7 Å². The highest BCUT2D eigenvalue weighted by Crippen LogP contribution is 2.24. The normalized spacial score (nSPS) is 10.5. The molecule has 0 aliphatic rings. The number of amides is 1. The lowest BCUT2D eigenvalue weighted by molar-refractivity contribution is 0.100. The van der Waals surface area contributed by atoms with Gasteiger partial charge in [0.25, 0.3) is 5.91 Å². The molecule has 1 amide bonds. The smallest absolute Gasteiger partial charge is 0.254 e. The maximum Gasteiger partial charge on any atom is 0.254 e. The van der Waals surface area contributed by atoms with Crippen molar-refractivity contribution in [3.63, 3.8) is 0 Å². The van der Waals surface area contributed by atoms with Gasteiger partial charge < -0.3 is 11.5 Å². The average molecular weight is 272 g/mol. The maximum atomic E-state index is 11.0. The van der Waals surface area contributed by atoms with Crippen molar-refractivity contribution in [1.82, 2.24) is 14.8 Å². The first-order valence-corrected chi connectivity index (χ1v) is 5.21. The molecule has 0 atom stereocenters. The second-order valence-electron chi connectivity index (χ2n) is 3.18. The van der Waals surface area contributed by atoms with Gasteiger partial charge in [0.05, 0.1) is 16.2 Å². The zero-order chi connectivity index (χ0) is 12.6. The number of carbonyl (C=O) groups is 1. The largest absolute Gasteiger partial charge is 0.383 e. The highest BCUT2D eigenvalue weighted by molar-refractivity contribution is 6.35. The van der Waals surface area contributed by atoms with Crippen LogP contribution in [0.3, 0.4) is 0 Å². The van der Waals surface area contributed by atoms with Crippen LogP contribution < -0.4 is 11.5 Å². The topological polar surface area (TPSA) is 99.8 Å². The molecule has 0 bridgehead atoms. The highest BCUT2D eigenvalue weighted by Gasteiger charge is 2.16. The summed E-state index contributed by atoms with van der Waals surface area (Å²) in [5.41, 5.74) is 10.9. The fourth-order valence-electron chi connectivity index (χ4n) is 1.28. The van der Waals surface area contributed by atoms with E-state index in [9.17, 15) is 4.79 Å². The van der Waals surface area contributed by atoms with Crippen molar-refractivity contribution < 1.29 is 4.79 Å². The number of anilines is 1. The van der Waals surface area contributed by atoms with Crippen molar-refractivity contribution in [3.05, 3.63) is 34.1 Å². The molecule has 17 heavy (non-hydrogen) atoms. The van der Waals surface area contributed by atoms with Crippen LogP contribution >= 0.6 is 23.2 Å². The summed E-state index contributed by atoms with van der Waals surface area (Å²) >= 11 is 11.7. The van der Waals surface area contributed by atoms with Crippen LogP contribution in [0.15, 0.2) is 18.5 Å². The SMILES string of the molecule is NC(=O)c1cnn(-c2ncc(Cl)cc2Cl)c1N. The summed E-state index contributed by atoms with van der Waals surface area (Å²) in [7, 11) is 0. The molecule has 2 aromatic rings. The van der Waals surface area contributed by atoms with Gasteiger partial charge in [-0.3, -0.25) is 4.79 Å². The van der Waals surface area contributed by atoms with E-state index in [2.05, 4.69) is 10.1 Å². The average Bonchev–Trinajstić information content (AvgIpc) is 2.60. The van der Waals surface area contributed by atoms with Crippen molar-refractivity contribution in [3.8, 4) is 5.82 Å². The molecule has 0 fully saturated rings. The summed E-state index contributed by atoms with van der Waals surface area (Å²) in [6.07, 6.45) is 2.65. The van der Waals surface area contributed by atoms with E-state index in [1.54, 1.807) is 0 Å². The standard InChI is InChI=1S/C9H7Cl2N5O/c10-4-1-6(11)9(14-2-4)16-7(12)5(3-15-16)8(13)17/h1-3H,12H2,(H2,13,17). The van der Waals surface area contributed by atoms with Crippen molar-refractivity contribution in [2.24, 2.45) is 5.73 Å².